The van der Waals surface area contributed by atoms with Gasteiger partial charge in [-0.15, -0.1) is 0 Å². The van der Waals surface area contributed by atoms with Crippen molar-refractivity contribution in [2.75, 3.05) is 0 Å². The van der Waals surface area contributed by atoms with Crippen LogP contribution >= 0.6 is 0 Å². The monoisotopic (exact) mass is 207 g/mol. The second kappa shape index (κ2) is 4.65. The van der Waals surface area contributed by atoms with Gasteiger partial charge in [0.2, 0.25) is 0 Å². The summed E-state index contributed by atoms with van der Waals surface area (Å²) in [6.45, 7) is 0. The maximum Gasteiger partial charge on any atom is 0.391 e. The highest BCUT2D eigenvalue weighted by Gasteiger charge is 2.34. The summed E-state index contributed by atoms with van der Waals surface area (Å²) in [7, 11) is 0. The van der Waals surface area contributed by atoms with E-state index in [1.165, 1.54) is 0 Å². The van der Waals surface area contributed by atoms with Crippen LogP contribution in [0.4, 0.5) is 13.2 Å². The smallest absolute Gasteiger partial charge is 0.374 e. The number of hydrogen-bond donors (Lipinski definition) is 0. The minimum atomic E-state index is -4.17. The molecule has 2 nitrogen and oxygen atoms in total. The van der Waals surface area contributed by atoms with Gasteiger partial charge in [-0.3, -0.25) is 0 Å². The molecular weight excluding hydrogens is 195 g/mol. The standard InChI is InChI=1S/C9H12F3NO/c10-9(11,12)6-8-3-1-2-7(14-8)4-5-13/h7-8H,1-4,6H2. The minimum absolute atomic E-state index is 0.189. The molecule has 0 spiro atoms. The van der Waals surface area contributed by atoms with E-state index in [1.54, 1.807) is 0 Å². The Morgan fingerprint density at radius 2 is 1.93 bits per heavy atom. The van der Waals surface area contributed by atoms with Gasteiger partial charge in [-0.05, 0) is 19.3 Å². The molecule has 1 fully saturated rings. The zero-order chi connectivity index (χ0) is 10.6. The van der Waals surface area contributed by atoms with Crippen LogP contribution in [0.3, 0.4) is 0 Å². The molecule has 0 aromatic rings. The van der Waals surface area contributed by atoms with E-state index >= 15 is 0 Å². The summed E-state index contributed by atoms with van der Waals surface area (Å²) in [6.07, 6.45) is -4.07. The van der Waals surface area contributed by atoms with Gasteiger partial charge in [0.25, 0.3) is 0 Å². The first-order chi connectivity index (χ1) is 6.51. The van der Waals surface area contributed by atoms with Crippen molar-refractivity contribution in [1.82, 2.24) is 0 Å². The number of alkyl halides is 3. The molecule has 1 aliphatic rings. The number of hydrogen-bond acceptors (Lipinski definition) is 2. The van der Waals surface area contributed by atoms with E-state index in [0.717, 1.165) is 0 Å². The maximum atomic E-state index is 12.0. The van der Waals surface area contributed by atoms with Gasteiger partial charge >= 0.3 is 6.18 Å². The summed E-state index contributed by atoms with van der Waals surface area (Å²) in [4.78, 5) is 0. The Hall–Kier alpha value is -0.760. The van der Waals surface area contributed by atoms with Crippen molar-refractivity contribution in [2.24, 2.45) is 0 Å². The van der Waals surface area contributed by atoms with Crippen molar-refractivity contribution in [2.45, 2.75) is 50.5 Å². The molecule has 0 radical (unpaired) electrons. The lowest BCUT2D eigenvalue weighted by molar-refractivity contribution is -0.174. The van der Waals surface area contributed by atoms with Crippen molar-refractivity contribution in [3.8, 4) is 6.07 Å². The Morgan fingerprint density at radius 3 is 2.50 bits per heavy atom. The Balaban J connectivity index is 2.37. The van der Waals surface area contributed by atoms with E-state index in [4.69, 9.17) is 10.00 Å². The quantitative estimate of drug-likeness (QED) is 0.697. The fourth-order valence-electron chi connectivity index (χ4n) is 1.64. The van der Waals surface area contributed by atoms with E-state index in [-0.39, 0.29) is 12.5 Å². The van der Waals surface area contributed by atoms with Gasteiger partial charge in [0.15, 0.2) is 0 Å². The molecule has 0 aromatic carbocycles. The molecule has 1 aliphatic heterocycles. The molecule has 1 saturated heterocycles. The summed E-state index contributed by atoms with van der Waals surface area (Å²) < 4.78 is 41.2. The first kappa shape index (κ1) is 11.3. The third-order valence-corrected chi connectivity index (χ3v) is 2.22. The highest BCUT2D eigenvalue weighted by molar-refractivity contribution is 4.81. The summed E-state index contributed by atoms with van der Waals surface area (Å²) >= 11 is 0. The van der Waals surface area contributed by atoms with Crippen LogP contribution in [0.1, 0.15) is 32.1 Å². The molecule has 14 heavy (non-hydrogen) atoms. The van der Waals surface area contributed by atoms with Crippen molar-refractivity contribution in [1.29, 1.82) is 5.26 Å². The molecule has 0 amide bonds. The fraction of sp³-hybridized carbons (Fsp3) is 0.889. The molecule has 0 aromatic heterocycles. The highest BCUT2D eigenvalue weighted by atomic mass is 19.4. The van der Waals surface area contributed by atoms with Crippen LogP contribution in [0.25, 0.3) is 0 Å². The van der Waals surface area contributed by atoms with Crippen LogP contribution in [0.5, 0.6) is 0 Å². The highest BCUT2D eigenvalue weighted by Crippen LogP contribution is 2.30. The van der Waals surface area contributed by atoms with Crippen molar-refractivity contribution in [3.05, 3.63) is 0 Å². The number of nitrogens with zero attached hydrogens (tertiary/aromatic N) is 1. The molecule has 1 rings (SSSR count). The van der Waals surface area contributed by atoms with Gasteiger partial charge in [-0.1, -0.05) is 0 Å². The SMILES string of the molecule is N#CCC1CCCC(CC(F)(F)F)O1. The zero-order valence-corrected chi connectivity index (χ0v) is 7.68. The van der Waals surface area contributed by atoms with Gasteiger partial charge in [0, 0.05) is 0 Å². The average molecular weight is 207 g/mol. The average Bonchev–Trinajstić information content (AvgIpc) is 2.02. The van der Waals surface area contributed by atoms with Crippen LogP contribution in [-0.2, 0) is 4.74 Å². The normalized spacial score (nSPS) is 28.4. The number of rotatable bonds is 2. The molecular formula is C9H12F3NO. The van der Waals surface area contributed by atoms with Crippen LogP contribution in [0.15, 0.2) is 0 Å². The predicted molar refractivity (Wildman–Crippen MR) is 43.4 cm³/mol. The Kier molecular flexibility index (Phi) is 3.76. The second-order valence-electron chi connectivity index (χ2n) is 3.49. The van der Waals surface area contributed by atoms with Crippen LogP contribution in [0, 0.1) is 11.3 Å². The molecule has 1 heterocycles. The van der Waals surface area contributed by atoms with Gasteiger partial charge in [0.1, 0.15) is 0 Å². The minimum Gasteiger partial charge on any atom is -0.374 e. The van der Waals surface area contributed by atoms with E-state index < -0.39 is 18.7 Å². The Bertz CT molecular complexity index is 221. The van der Waals surface area contributed by atoms with Gasteiger partial charge in [-0.25, -0.2) is 0 Å². The first-order valence-corrected chi connectivity index (χ1v) is 4.60. The third kappa shape index (κ3) is 3.97. The summed E-state index contributed by atoms with van der Waals surface area (Å²) in [5.74, 6) is 0. The number of ether oxygens (including phenoxy) is 1. The zero-order valence-electron chi connectivity index (χ0n) is 7.68. The predicted octanol–water partition coefficient (Wildman–Crippen LogP) is 2.79. The van der Waals surface area contributed by atoms with Gasteiger partial charge in [0.05, 0.1) is 31.1 Å². The van der Waals surface area contributed by atoms with Gasteiger partial charge in [-0.2, -0.15) is 18.4 Å². The van der Waals surface area contributed by atoms with E-state index in [9.17, 15) is 13.2 Å². The molecule has 0 N–H and O–H groups in total. The lowest BCUT2D eigenvalue weighted by Gasteiger charge is -2.29. The second-order valence-corrected chi connectivity index (χ2v) is 3.49. The Morgan fingerprint density at radius 1 is 1.29 bits per heavy atom. The topological polar surface area (TPSA) is 33.0 Å². The lowest BCUT2D eigenvalue weighted by atomic mass is 10.0. The largest absolute Gasteiger partial charge is 0.391 e. The van der Waals surface area contributed by atoms with Gasteiger partial charge < -0.3 is 4.74 Å². The maximum absolute atomic E-state index is 12.0. The van der Waals surface area contributed by atoms with Crippen molar-refractivity contribution < 1.29 is 17.9 Å². The molecule has 0 bridgehead atoms. The fourth-order valence-corrected chi connectivity index (χ4v) is 1.64. The van der Waals surface area contributed by atoms with Crippen LogP contribution in [0.2, 0.25) is 0 Å². The number of nitriles is 1. The molecule has 2 unspecified atom stereocenters. The lowest BCUT2D eigenvalue weighted by Crippen LogP contribution is -2.31. The third-order valence-electron chi connectivity index (χ3n) is 2.22. The van der Waals surface area contributed by atoms with Crippen molar-refractivity contribution in [3.63, 3.8) is 0 Å². The summed E-state index contributed by atoms with van der Waals surface area (Å²) in [6, 6.07) is 1.91. The van der Waals surface area contributed by atoms with E-state index in [0.29, 0.717) is 19.3 Å². The molecule has 0 saturated carbocycles. The summed E-state index contributed by atoms with van der Waals surface area (Å²) in [5.41, 5.74) is 0. The number of halogens is 3. The Labute approximate surface area is 80.7 Å². The summed E-state index contributed by atoms with van der Waals surface area (Å²) in [5, 5.41) is 8.39. The molecule has 0 aliphatic carbocycles. The molecule has 2 atom stereocenters. The molecule has 80 valence electrons. The van der Waals surface area contributed by atoms with E-state index in [1.807, 2.05) is 6.07 Å². The van der Waals surface area contributed by atoms with E-state index in [2.05, 4.69) is 0 Å². The van der Waals surface area contributed by atoms with Crippen LogP contribution < -0.4 is 0 Å². The molecule has 5 heteroatoms. The van der Waals surface area contributed by atoms with Crippen LogP contribution in [-0.4, -0.2) is 18.4 Å². The first-order valence-electron chi connectivity index (χ1n) is 4.60. The van der Waals surface area contributed by atoms with Crippen molar-refractivity contribution >= 4 is 0 Å².